The Balaban J connectivity index is 1.38. The van der Waals surface area contributed by atoms with Crippen molar-refractivity contribution in [2.45, 2.75) is 45.8 Å². The van der Waals surface area contributed by atoms with Gasteiger partial charge in [0.15, 0.2) is 5.13 Å². The van der Waals surface area contributed by atoms with Gasteiger partial charge in [-0.2, -0.15) is 0 Å². The summed E-state index contributed by atoms with van der Waals surface area (Å²) in [4.78, 5) is 19.7. The van der Waals surface area contributed by atoms with Crippen LogP contribution in [0.2, 0.25) is 0 Å². The summed E-state index contributed by atoms with van der Waals surface area (Å²) in [6.45, 7) is 9.33. The number of benzene rings is 1. The quantitative estimate of drug-likeness (QED) is 0.669. The van der Waals surface area contributed by atoms with E-state index in [1.54, 1.807) is 25.3 Å². The molecule has 2 unspecified atom stereocenters. The second-order valence-electron chi connectivity index (χ2n) is 7.64. The number of halogens is 1. The fraction of sp³-hybridized carbons (Fsp3) is 0.524. The maximum atomic E-state index is 13.7. The minimum Gasteiger partial charge on any atom is -0.373 e. The van der Waals surface area contributed by atoms with Crippen LogP contribution < -0.4 is 10.6 Å². The number of rotatable bonds is 7. The van der Waals surface area contributed by atoms with Crippen molar-refractivity contribution in [3.05, 3.63) is 46.2 Å². The van der Waals surface area contributed by atoms with Gasteiger partial charge in [0.2, 0.25) is 0 Å². The van der Waals surface area contributed by atoms with E-state index < -0.39 is 0 Å². The molecule has 0 aliphatic carbocycles. The Kier molecular flexibility index (Phi) is 7.57. The molecular formula is C21H29FN4O2S. The van der Waals surface area contributed by atoms with Crippen molar-refractivity contribution in [1.29, 1.82) is 0 Å². The molecule has 2 heterocycles. The molecule has 158 valence electrons. The number of morpholine rings is 1. The van der Waals surface area contributed by atoms with Gasteiger partial charge in [0.05, 0.1) is 12.2 Å². The number of amides is 2. The lowest BCUT2D eigenvalue weighted by Crippen LogP contribution is -2.46. The first-order valence-corrected chi connectivity index (χ1v) is 10.8. The molecule has 8 heteroatoms. The van der Waals surface area contributed by atoms with Crippen LogP contribution in [0.5, 0.6) is 0 Å². The van der Waals surface area contributed by atoms with Crippen molar-refractivity contribution < 1.29 is 13.9 Å². The molecule has 0 radical (unpaired) electrons. The highest BCUT2D eigenvalue weighted by Gasteiger charge is 2.21. The highest BCUT2D eigenvalue weighted by atomic mass is 32.1. The van der Waals surface area contributed by atoms with Crippen molar-refractivity contribution in [3.8, 4) is 0 Å². The van der Waals surface area contributed by atoms with Crippen LogP contribution in [0.25, 0.3) is 0 Å². The van der Waals surface area contributed by atoms with Crippen LogP contribution in [0.3, 0.4) is 0 Å². The molecule has 1 saturated heterocycles. The molecule has 2 N–H and O–H groups in total. The van der Waals surface area contributed by atoms with Gasteiger partial charge in [0, 0.05) is 43.7 Å². The average Bonchev–Trinajstić information content (AvgIpc) is 3.08. The zero-order valence-electron chi connectivity index (χ0n) is 17.2. The molecule has 1 aromatic carbocycles. The van der Waals surface area contributed by atoms with E-state index in [-0.39, 0.29) is 24.1 Å². The van der Waals surface area contributed by atoms with E-state index in [4.69, 9.17) is 4.74 Å². The zero-order valence-corrected chi connectivity index (χ0v) is 18.0. The number of hydrogen-bond donors (Lipinski definition) is 2. The van der Waals surface area contributed by atoms with Crippen LogP contribution in [0.15, 0.2) is 24.4 Å². The van der Waals surface area contributed by atoms with Crippen LogP contribution in [0, 0.1) is 12.7 Å². The second kappa shape index (κ2) is 10.1. The predicted molar refractivity (Wildman–Crippen MR) is 114 cm³/mol. The molecule has 2 atom stereocenters. The summed E-state index contributed by atoms with van der Waals surface area (Å²) in [5.41, 5.74) is 1.52. The van der Waals surface area contributed by atoms with E-state index in [1.165, 1.54) is 11.3 Å². The van der Waals surface area contributed by atoms with Gasteiger partial charge in [-0.15, -0.1) is 11.3 Å². The topological polar surface area (TPSA) is 66.5 Å². The maximum Gasteiger partial charge on any atom is 0.321 e. The van der Waals surface area contributed by atoms with E-state index in [0.717, 1.165) is 36.5 Å². The van der Waals surface area contributed by atoms with Crippen molar-refractivity contribution in [2.75, 3.05) is 31.5 Å². The molecule has 2 aromatic rings. The SMILES string of the molecule is Cc1ccc(Cc2cnc(NC(=O)NCCCN3CC(C)OC(C)C3)s2)cc1F. The largest absolute Gasteiger partial charge is 0.373 e. The molecule has 1 fully saturated rings. The number of nitrogens with one attached hydrogen (secondary N) is 2. The molecule has 1 aliphatic heterocycles. The van der Waals surface area contributed by atoms with Crippen molar-refractivity contribution >= 4 is 22.5 Å². The van der Waals surface area contributed by atoms with Crippen LogP contribution in [-0.4, -0.2) is 54.3 Å². The van der Waals surface area contributed by atoms with Gasteiger partial charge >= 0.3 is 6.03 Å². The number of thiazole rings is 1. The molecule has 0 spiro atoms. The maximum absolute atomic E-state index is 13.7. The lowest BCUT2D eigenvalue weighted by molar-refractivity contribution is -0.0679. The number of aromatic nitrogens is 1. The minimum absolute atomic E-state index is 0.203. The Morgan fingerprint density at radius 1 is 1.34 bits per heavy atom. The normalized spacial score (nSPS) is 19.9. The van der Waals surface area contributed by atoms with Crippen molar-refractivity contribution in [2.24, 2.45) is 0 Å². The second-order valence-corrected chi connectivity index (χ2v) is 8.76. The summed E-state index contributed by atoms with van der Waals surface area (Å²) in [5.74, 6) is -0.203. The fourth-order valence-electron chi connectivity index (χ4n) is 3.51. The van der Waals surface area contributed by atoms with E-state index in [0.29, 0.717) is 23.7 Å². The predicted octanol–water partition coefficient (Wildman–Crippen LogP) is 3.80. The molecular weight excluding hydrogens is 391 g/mol. The van der Waals surface area contributed by atoms with Crippen LogP contribution in [0.1, 0.15) is 36.3 Å². The first kappa shape index (κ1) is 21.7. The van der Waals surface area contributed by atoms with Gasteiger partial charge in [-0.25, -0.2) is 14.2 Å². The minimum atomic E-state index is -0.254. The van der Waals surface area contributed by atoms with Crippen molar-refractivity contribution in [1.82, 2.24) is 15.2 Å². The molecule has 1 aromatic heterocycles. The number of nitrogens with zero attached hydrogens (tertiary/aromatic N) is 2. The summed E-state index contributed by atoms with van der Waals surface area (Å²) in [6.07, 6.45) is 3.71. The summed E-state index contributed by atoms with van der Waals surface area (Å²) < 4.78 is 19.4. The summed E-state index contributed by atoms with van der Waals surface area (Å²) >= 11 is 1.40. The molecule has 0 saturated carbocycles. The van der Waals surface area contributed by atoms with Gasteiger partial charge in [0.25, 0.3) is 0 Å². The molecule has 6 nitrogen and oxygen atoms in total. The number of hydrogen-bond acceptors (Lipinski definition) is 5. The Hall–Kier alpha value is -2.03. The Morgan fingerprint density at radius 2 is 2.10 bits per heavy atom. The lowest BCUT2D eigenvalue weighted by atomic mass is 10.1. The fourth-order valence-corrected chi connectivity index (χ4v) is 4.35. The summed E-state index contributed by atoms with van der Waals surface area (Å²) in [5, 5.41) is 6.19. The summed E-state index contributed by atoms with van der Waals surface area (Å²) in [7, 11) is 0. The van der Waals surface area contributed by atoms with E-state index in [2.05, 4.69) is 34.4 Å². The molecule has 29 heavy (non-hydrogen) atoms. The first-order chi connectivity index (χ1) is 13.9. The lowest BCUT2D eigenvalue weighted by Gasteiger charge is -2.35. The Morgan fingerprint density at radius 3 is 2.83 bits per heavy atom. The van der Waals surface area contributed by atoms with Gasteiger partial charge in [-0.05, 0) is 44.4 Å². The highest BCUT2D eigenvalue weighted by molar-refractivity contribution is 7.15. The third-order valence-electron chi connectivity index (χ3n) is 4.82. The van der Waals surface area contributed by atoms with E-state index in [1.807, 2.05) is 6.07 Å². The molecule has 2 amide bonds. The van der Waals surface area contributed by atoms with Gasteiger partial charge in [-0.3, -0.25) is 10.2 Å². The third-order valence-corrected chi connectivity index (χ3v) is 5.73. The highest BCUT2D eigenvalue weighted by Crippen LogP contribution is 2.22. The standard InChI is InChI=1S/C21H29FN4O2S/c1-14-5-6-17(10-19(14)22)9-18-11-24-21(29-18)25-20(27)23-7-4-8-26-12-15(2)28-16(3)13-26/h5-6,10-11,15-16H,4,7-9,12-13H2,1-3H3,(H2,23,24,25,27). The number of anilines is 1. The summed E-state index contributed by atoms with van der Waals surface area (Å²) in [6, 6.07) is 4.98. The number of carbonyl (C=O) groups excluding carboxylic acids is 1. The molecule has 3 rings (SSSR count). The number of urea groups is 1. The third kappa shape index (κ3) is 6.76. The monoisotopic (exact) mass is 420 g/mol. The van der Waals surface area contributed by atoms with E-state index >= 15 is 0 Å². The van der Waals surface area contributed by atoms with Gasteiger partial charge in [0.1, 0.15) is 5.82 Å². The number of ether oxygens (including phenoxy) is 1. The first-order valence-electron chi connectivity index (χ1n) is 10.0. The van der Waals surface area contributed by atoms with Gasteiger partial charge in [-0.1, -0.05) is 12.1 Å². The molecule has 1 aliphatic rings. The van der Waals surface area contributed by atoms with Crippen LogP contribution in [0.4, 0.5) is 14.3 Å². The van der Waals surface area contributed by atoms with E-state index in [9.17, 15) is 9.18 Å². The Labute approximate surface area is 175 Å². The number of aryl methyl sites for hydroxylation is 1. The molecule has 0 bridgehead atoms. The smallest absolute Gasteiger partial charge is 0.321 e. The average molecular weight is 421 g/mol. The van der Waals surface area contributed by atoms with Crippen LogP contribution in [-0.2, 0) is 11.2 Å². The van der Waals surface area contributed by atoms with Crippen molar-refractivity contribution in [3.63, 3.8) is 0 Å². The van der Waals surface area contributed by atoms with Gasteiger partial charge < -0.3 is 10.1 Å². The zero-order chi connectivity index (χ0) is 20.8. The Bertz CT molecular complexity index is 819. The van der Waals surface area contributed by atoms with Crippen LogP contribution >= 0.6 is 11.3 Å². The number of carbonyl (C=O) groups is 1.